The Morgan fingerprint density at radius 1 is 1.15 bits per heavy atom. The fourth-order valence-electron chi connectivity index (χ4n) is 4.77. The molecule has 10 nitrogen and oxygen atoms in total. The summed E-state index contributed by atoms with van der Waals surface area (Å²) in [6, 6.07) is 6.52. The second kappa shape index (κ2) is 10.6. The molecule has 3 N–H and O–H groups in total. The van der Waals surface area contributed by atoms with Gasteiger partial charge in [-0.25, -0.2) is 4.79 Å². The first-order chi connectivity index (χ1) is 16.2. The Morgan fingerprint density at radius 2 is 1.82 bits per heavy atom. The Kier molecular flexibility index (Phi) is 7.73. The van der Waals surface area contributed by atoms with Gasteiger partial charge in [-0.2, -0.15) is 0 Å². The van der Waals surface area contributed by atoms with Crippen LogP contribution in [-0.2, 0) is 30.2 Å². The molecule has 1 amide bonds. The molecule has 10 heteroatoms. The summed E-state index contributed by atoms with van der Waals surface area (Å²) >= 11 is 0. The van der Waals surface area contributed by atoms with E-state index in [1.807, 2.05) is 0 Å². The molecule has 0 saturated carbocycles. The number of likely N-dealkylation sites (tertiary alicyclic amines) is 1. The Morgan fingerprint density at radius 3 is 2.44 bits per heavy atom. The molecule has 3 heterocycles. The molecule has 0 bridgehead atoms. The van der Waals surface area contributed by atoms with Gasteiger partial charge in [0.1, 0.15) is 24.4 Å². The van der Waals surface area contributed by atoms with Gasteiger partial charge in [0.05, 0.1) is 6.42 Å². The number of rotatable bonds is 7. The third kappa shape index (κ3) is 6.25. The number of nitrogens with one attached hydrogen (secondary N) is 1. The van der Waals surface area contributed by atoms with Gasteiger partial charge in [-0.1, -0.05) is 25.0 Å². The molecule has 3 aliphatic heterocycles. The standard InChI is InChI=1S/C24H34N2O8/c1-24(2)33-21-19(29)20(32-22(21)34-24)17(14-26-11-5-3-4-6-12-26)31-23(30)25-16-9-7-15(8-10-16)13-18(27)28/h7-10,17,19-22,29H,3-6,11-14H2,1-2H3,(H,25,30)(H,27,28)/t17-,19+,20-,21-,22-/m1/s1. The molecule has 0 spiro atoms. The zero-order valence-corrected chi connectivity index (χ0v) is 19.6. The topological polar surface area (TPSA) is 127 Å². The predicted octanol–water partition coefficient (Wildman–Crippen LogP) is 2.34. The summed E-state index contributed by atoms with van der Waals surface area (Å²) in [6.07, 6.45) is -0.208. The van der Waals surface area contributed by atoms with E-state index in [0.29, 0.717) is 17.8 Å². The Hall–Kier alpha value is -2.24. The number of fused-ring (bicyclic) bond motifs is 1. The number of aliphatic hydroxyl groups excluding tert-OH is 1. The number of aliphatic carboxylic acids is 1. The van der Waals surface area contributed by atoms with Crippen molar-refractivity contribution >= 4 is 17.7 Å². The maximum atomic E-state index is 12.8. The van der Waals surface area contributed by atoms with Gasteiger partial charge in [0.15, 0.2) is 12.1 Å². The van der Waals surface area contributed by atoms with Crippen LogP contribution < -0.4 is 5.32 Å². The lowest BCUT2D eigenvalue weighted by Gasteiger charge is -2.32. The van der Waals surface area contributed by atoms with Crippen molar-refractivity contribution in [1.29, 1.82) is 0 Å². The molecule has 34 heavy (non-hydrogen) atoms. The van der Waals surface area contributed by atoms with Gasteiger partial charge in [0, 0.05) is 12.2 Å². The van der Waals surface area contributed by atoms with Crippen LogP contribution in [-0.4, -0.2) is 83.3 Å². The molecule has 1 aromatic carbocycles. The normalized spacial score (nSPS) is 29.7. The van der Waals surface area contributed by atoms with E-state index in [2.05, 4.69) is 10.2 Å². The third-order valence-corrected chi connectivity index (χ3v) is 6.37. The van der Waals surface area contributed by atoms with Crippen LogP contribution in [0.3, 0.4) is 0 Å². The van der Waals surface area contributed by atoms with Gasteiger partial charge in [0.2, 0.25) is 0 Å². The van der Waals surface area contributed by atoms with Crippen LogP contribution in [0, 0.1) is 0 Å². The molecule has 3 saturated heterocycles. The number of carboxylic acid groups (broad SMARTS) is 1. The molecule has 5 atom stereocenters. The molecule has 4 rings (SSSR count). The minimum absolute atomic E-state index is 0.0944. The van der Waals surface area contributed by atoms with Gasteiger partial charge >= 0.3 is 12.1 Å². The molecule has 188 valence electrons. The van der Waals surface area contributed by atoms with Crippen LogP contribution in [0.5, 0.6) is 0 Å². The van der Waals surface area contributed by atoms with Crippen molar-refractivity contribution in [3.8, 4) is 0 Å². The Balaban J connectivity index is 1.42. The lowest BCUT2D eigenvalue weighted by Crippen LogP contribution is -2.49. The van der Waals surface area contributed by atoms with E-state index in [0.717, 1.165) is 25.9 Å². The van der Waals surface area contributed by atoms with Crippen molar-refractivity contribution in [2.75, 3.05) is 25.0 Å². The zero-order valence-electron chi connectivity index (χ0n) is 19.6. The fraction of sp³-hybridized carbons (Fsp3) is 0.667. The average molecular weight is 479 g/mol. The second-order valence-corrected chi connectivity index (χ2v) is 9.61. The van der Waals surface area contributed by atoms with Crippen molar-refractivity contribution in [2.45, 2.75) is 82.4 Å². The summed E-state index contributed by atoms with van der Waals surface area (Å²) in [7, 11) is 0. The number of hydrogen-bond donors (Lipinski definition) is 3. The number of carbonyl (C=O) groups is 2. The van der Waals surface area contributed by atoms with Gasteiger partial charge in [-0.3, -0.25) is 15.0 Å². The number of benzene rings is 1. The molecular formula is C24H34N2O8. The highest BCUT2D eigenvalue weighted by Gasteiger charge is 2.56. The van der Waals surface area contributed by atoms with Gasteiger partial charge < -0.3 is 29.2 Å². The number of anilines is 1. The van der Waals surface area contributed by atoms with E-state index in [1.54, 1.807) is 38.1 Å². The quantitative estimate of drug-likeness (QED) is 0.541. The van der Waals surface area contributed by atoms with E-state index in [1.165, 1.54) is 12.8 Å². The summed E-state index contributed by atoms with van der Waals surface area (Å²) in [5.74, 6) is -1.78. The number of carboxylic acids is 1. The summed E-state index contributed by atoms with van der Waals surface area (Å²) in [5, 5.41) is 22.5. The number of hydrogen-bond acceptors (Lipinski definition) is 8. The van der Waals surface area contributed by atoms with Crippen molar-refractivity contribution in [3.63, 3.8) is 0 Å². The largest absolute Gasteiger partial charge is 0.481 e. The number of carbonyl (C=O) groups excluding carboxylic acids is 1. The second-order valence-electron chi connectivity index (χ2n) is 9.61. The van der Waals surface area contributed by atoms with Gasteiger partial charge in [-0.15, -0.1) is 0 Å². The van der Waals surface area contributed by atoms with E-state index in [-0.39, 0.29) is 6.42 Å². The van der Waals surface area contributed by atoms with E-state index < -0.39 is 48.6 Å². The lowest BCUT2D eigenvalue weighted by molar-refractivity contribution is -0.226. The van der Waals surface area contributed by atoms with Gasteiger partial charge in [-0.05, 0) is 57.5 Å². The monoisotopic (exact) mass is 478 g/mol. The summed E-state index contributed by atoms with van der Waals surface area (Å²) in [6.45, 7) is 5.73. The van der Waals surface area contributed by atoms with Crippen LogP contribution in [0.15, 0.2) is 24.3 Å². The van der Waals surface area contributed by atoms with Crippen molar-refractivity contribution in [2.24, 2.45) is 0 Å². The molecule has 3 aliphatic rings. The minimum atomic E-state index is -1.01. The summed E-state index contributed by atoms with van der Waals surface area (Å²) < 4.78 is 23.3. The molecule has 0 unspecified atom stereocenters. The molecule has 1 aromatic rings. The van der Waals surface area contributed by atoms with Crippen molar-refractivity contribution in [1.82, 2.24) is 4.90 Å². The Bertz CT molecular complexity index is 853. The highest BCUT2D eigenvalue weighted by Crippen LogP contribution is 2.39. The van der Waals surface area contributed by atoms with E-state index in [4.69, 9.17) is 24.1 Å². The zero-order chi connectivity index (χ0) is 24.3. The Labute approximate surface area is 199 Å². The summed E-state index contributed by atoms with van der Waals surface area (Å²) in [4.78, 5) is 25.9. The van der Waals surface area contributed by atoms with Gasteiger partial charge in [0.25, 0.3) is 0 Å². The maximum absolute atomic E-state index is 12.8. The number of amides is 1. The molecule has 0 radical (unpaired) electrons. The van der Waals surface area contributed by atoms with E-state index in [9.17, 15) is 14.7 Å². The SMILES string of the molecule is CC1(C)O[C@H]2O[C@H]([C@@H](CN3CCCCCC3)OC(=O)Nc3ccc(CC(=O)O)cc3)[C@H](O)[C@H]2O1. The van der Waals surface area contributed by atoms with Crippen LogP contribution in [0.4, 0.5) is 10.5 Å². The number of aliphatic hydroxyl groups is 1. The molecular weight excluding hydrogens is 444 g/mol. The molecule has 0 aromatic heterocycles. The maximum Gasteiger partial charge on any atom is 0.412 e. The number of nitrogens with zero attached hydrogens (tertiary/aromatic N) is 1. The lowest BCUT2D eigenvalue weighted by atomic mass is 10.0. The van der Waals surface area contributed by atoms with Crippen molar-refractivity contribution in [3.05, 3.63) is 29.8 Å². The fourth-order valence-corrected chi connectivity index (χ4v) is 4.77. The minimum Gasteiger partial charge on any atom is -0.481 e. The highest BCUT2D eigenvalue weighted by molar-refractivity contribution is 5.84. The molecule has 3 fully saturated rings. The van der Waals surface area contributed by atoms with Crippen LogP contribution in [0.1, 0.15) is 45.1 Å². The first-order valence-corrected chi connectivity index (χ1v) is 11.9. The van der Waals surface area contributed by atoms with Crippen molar-refractivity contribution < 1.29 is 38.7 Å². The smallest absolute Gasteiger partial charge is 0.412 e. The predicted molar refractivity (Wildman–Crippen MR) is 121 cm³/mol. The van der Waals surface area contributed by atoms with Crippen LogP contribution in [0.25, 0.3) is 0 Å². The summed E-state index contributed by atoms with van der Waals surface area (Å²) in [5.41, 5.74) is 1.10. The first-order valence-electron chi connectivity index (χ1n) is 11.9. The highest BCUT2D eigenvalue weighted by atomic mass is 16.8. The molecule has 0 aliphatic carbocycles. The van der Waals surface area contributed by atoms with Crippen LogP contribution >= 0.6 is 0 Å². The average Bonchev–Trinajstić information content (AvgIpc) is 3.08. The van der Waals surface area contributed by atoms with Crippen LogP contribution in [0.2, 0.25) is 0 Å². The number of ether oxygens (including phenoxy) is 4. The van der Waals surface area contributed by atoms with E-state index >= 15 is 0 Å². The first kappa shape index (κ1) is 24.9. The third-order valence-electron chi connectivity index (χ3n) is 6.37.